The molecule has 0 radical (unpaired) electrons. The van der Waals surface area contributed by atoms with E-state index in [4.69, 9.17) is 0 Å². The minimum atomic E-state index is -0.133. The molecule has 23 heavy (non-hydrogen) atoms. The number of imidazole rings is 1. The number of likely N-dealkylation sites (N-methyl/N-ethyl adjacent to an activating group) is 1. The average molecular weight is 315 g/mol. The van der Waals surface area contributed by atoms with Gasteiger partial charge in [0.1, 0.15) is 0 Å². The summed E-state index contributed by atoms with van der Waals surface area (Å²) in [7, 11) is 2.16. The van der Waals surface area contributed by atoms with Crippen molar-refractivity contribution in [3.05, 3.63) is 30.1 Å². The van der Waals surface area contributed by atoms with Gasteiger partial charge in [0.15, 0.2) is 5.82 Å². The van der Waals surface area contributed by atoms with Gasteiger partial charge in [0.25, 0.3) is 5.91 Å². The summed E-state index contributed by atoms with van der Waals surface area (Å²) < 4.78 is 0. The fraction of sp³-hybridized carbons (Fsp3) is 0.529. The molecule has 1 saturated heterocycles. The predicted octanol–water partition coefficient (Wildman–Crippen LogP) is 1.18. The number of benzene rings is 1. The van der Waals surface area contributed by atoms with E-state index in [9.17, 15) is 4.79 Å². The van der Waals surface area contributed by atoms with E-state index in [2.05, 4.69) is 39.1 Å². The molecule has 1 aromatic carbocycles. The van der Waals surface area contributed by atoms with Crippen molar-refractivity contribution in [2.45, 2.75) is 6.92 Å². The van der Waals surface area contributed by atoms with Gasteiger partial charge >= 0.3 is 0 Å². The van der Waals surface area contributed by atoms with Gasteiger partial charge in [-0.2, -0.15) is 0 Å². The van der Waals surface area contributed by atoms with Crippen molar-refractivity contribution >= 4 is 16.9 Å². The van der Waals surface area contributed by atoms with Gasteiger partial charge in [-0.1, -0.05) is 19.1 Å². The highest BCUT2D eigenvalue weighted by molar-refractivity contribution is 5.94. The highest BCUT2D eigenvalue weighted by Crippen LogP contribution is 2.10. The van der Waals surface area contributed by atoms with Crippen LogP contribution in [0.15, 0.2) is 24.3 Å². The first-order valence-corrected chi connectivity index (χ1v) is 8.25. The van der Waals surface area contributed by atoms with Crippen LogP contribution in [-0.2, 0) is 0 Å². The molecule has 3 rings (SSSR count). The minimum absolute atomic E-state index is 0.133. The maximum atomic E-state index is 12.2. The molecular formula is C17H25N5O. The van der Waals surface area contributed by atoms with E-state index in [1.54, 1.807) is 0 Å². The minimum Gasteiger partial charge on any atom is -0.349 e. The topological polar surface area (TPSA) is 64.3 Å². The van der Waals surface area contributed by atoms with E-state index in [-0.39, 0.29) is 5.91 Å². The molecule has 1 atom stereocenters. The van der Waals surface area contributed by atoms with E-state index in [0.29, 0.717) is 18.3 Å². The number of aromatic amines is 1. The van der Waals surface area contributed by atoms with E-state index in [0.717, 1.165) is 43.8 Å². The highest BCUT2D eigenvalue weighted by Gasteiger charge is 2.17. The molecule has 2 N–H and O–H groups in total. The Morgan fingerprint density at radius 2 is 2.04 bits per heavy atom. The molecule has 0 unspecified atom stereocenters. The van der Waals surface area contributed by atoms with E-state index in [1.165, 1.54) is 0 Å². The second-order valence-electron chi connectivity index (χ2n) is 6.52. The number of H-pyrrole nitrogens is 1. The Labute approximate surface area is 136 Å². The first-order valence-electron chi connectivity index (χ1n) is 8.25. The molecule has 0 bridgehead atoms. The molecule has 1 aromatic heterocycles. The summed E-state index contributed by atoms with van der Waals surface area (Å²) in [5, 5.41) is 2.99. The maximum Gasteiger partial charge on any atom is 0.287 e. The van der Waals surface area contributed by atoms with Crippen molar-refractivity contribution in [3.8, 4) is 0 Å². The fourth-order valence-electron chi connectivity index (χ4n) is 2.95. The van der Waals surface area contributed by atoms with E-state index >= 15 is 0 Å². The molecule has 124 valence electrons. The van der Waals surface area contributed by atoms with Gasteiger partial charge in [0.2, 0.25) is 0 Å². The second-order valence-corrected chi connectivity index (χ2v) is 6.52. The third-order valence-corrected chi connectivity index (χ3v) is 4.38. The van der Waals surface area contributed by atoms with Crippen LogP contribution in [0.2, 0.25) is 0 Å². The molecule has 0 spiro atoms. The zero-order chi connectivity index (χ0) is 16.2. The summed E-state index contributed by atoms with van der Waals surface area (Å²) >= 11 is 0. The lowest BCUT2D eigenvalue weighted by Crippen LogP contribution is -2.46. The van der Waals surface area contributed by atoms with Crippen molar-refractivity contribution in [1.29, 1.82) is 0 Å². The summed E-state index contributed by atoms with van der Waals surface area (Å²) in [6, 6.07) is 7.68. The van der Waals surface area contributed by atoms with Gasteiger partial charge in [0, 0.05) is 39.3 Å². The standard InChI is InChI=1S/C17H25N5O/c1-13(12-22-9-7-21(2)8-10-22)11-18-17(23)16-19-14-5-3-4-6-15(14)20-16/h3-6,13H,7-12H2,1-2H3,(H,18,23)(H,19,20)/t13-/m0/s1. The monoisotopic (exact) mass is 315 g/mol. The number of rotatable bonds is 5. The number of piperazine rings is 1. The molecule has 1 aliphatic heterocycles. The second kappa shape index (κ2) is 7.10. The van der Waals surface area contributed by atoms with E-state index in [1.807, 2.05) is 24.3 Å². The number of hydrogen-bond acceptors (Lipinski definition) is 4. The van der Waals surface area contributed by atoms with Crippen LogP contribution in [0, 0.1) is 5.92 Å². The van der Waals surface area contributed by atoms with Crippen LogP contribution >= 0.6 is 0 Å². The Kier molecular flexibility index (Phi) is 4.93. The lowest BCUT2D eigenvalue weighted by molar-refractivity contribution is 0.0928. The van der Waals surface area contributed by atoms with Gasteiger partial charge in [0.05, 0.1) is 11.0 Å². The molecule has 1 fully saturated rings. The number of aromatic nitrogens is 2. The van der Waals surface area contributed by atoms with Gasteiger partial charge < -0.3 is 20.1 Å². The van der Waals surface area contributed by atoms with Gasteiger partial charge in [-0.05, 0) is 25.1 Å². The van der Waals surface area contributed by atoms with Crippen LogP contribution in [0.1, 0.15) is 17.5 Å². The quantitative estimate of drug-likeness (QED) is 0.869. The molecule has 2 aromatic rings. The number of nitrogens with zero attached hydrogens (tertiary/aromatic N) is 3. The molecule has 1 amide bonds. The van der Waals surface area contributed by atoms with Crippen LogP contribution in [0.25, 0.3) is 11.0 Å². The van der Waals surface area contributed by atoms with Crippen molar-refractivity contribution in [3.63, 3.8) is 0 Å². The van der Waals surface area contributed by atoms with Crippen LogP contribution in [0.4, 0.5) is 0 Å². The van der Waals surface area contributed by atoms with Crippen molar-refractivity contribution in [2.75, 3.05) is 46.3 Å². The zero-order valence-corrected chi connectivity index (χ0v) is 13.9. The summed E-state index contributed by atoms with van der Waals surface area (Å²) in [6.45, 7) is 8.33. The number of amides is 1. The lowest BCUT2D eigenvalue weighted by Gasteiger charge is -2.33. The Morgan fingerprint density at radius 1 is 1.30 bits per heavy atom. The number of nitrogens with one attached hydrogen (secondary N) is 2. The van der Waals surface area contributed by atoms with Crippen LogP contribution < -0.4 is 5.32 Å². The first kappa shape index (κ1) is 16.0. The smallest absolute Gasteiger partial charge is 0.287 e. The highest BCUT2D eigenvalue weighted by atomic mass is 16.2. The number of hydrogen-bond donors (Lipinski definition) is 2. The molecule has 0 aliphatic carbocycles. The SMILES string of the molecule is C[C@@H](CNC(=O)c1nc2ccccc2[nH]1)CN1CCN(C)CC1. The zero-order valence-electron chi connectivity index (χ0n) is 13.9. The largest absolute Gasteiger partial charge is 0.349 e. The first-order chi connectivity index (χ1) is 11.1. The molecule has 0 saturated carbocycles. The molecule has 6 nitrogen and oxygen atoms in total. The Balaban J connectivity index is 1.48. The average Bonchev–Trinajstić information content (AvgIpc) is 2.99. The van der Waals surface area contributed by atoms with Gasteiger partial charge in [-0.15, -0.1) is 0 Å². The number of carbonyl (C=O) groups is 1. The van der Waals surface area contributed by atoms with Gasteiger partial charge in [-0.25, -0.2) is 4.98 Å². The number of para-hydroxylation sites is 2. The molecule has 2 heterocycles. The summed E-state index contributed by atoms with van der Waals surface area (Å²) in [5.74, 6) is 0.677. The van der Waals surface area contributed by atoms with Gasteiger partial charge in [-0.3, -0.25) is 4.79 Å². The Bertz CT molecular complexity index is 627. The molecule has 6 heteroatoms. The maximum absolute atomic E-state index is 12.2. The van der Waals surface area contributed by atoms with Crippen LogP contribution in [0.3, 0.4) is 0 Å². The fourth-order valence-corrected chi connectivity index (χ4v) is 2.95. The normalized spacial score (nSPS) is 18.2. The Morgan fingerprint density at radius 3 is 2.78 bits per heavy atom. The lowest BCUT2D eigenvalue weighted by atomic mass is 10.1. The molecule has 1 aliphatic rings. The van der Waals surface area contributed by atoms with Crippen molar-refractivity contribution < 1.29 is 4.79 Å². The van der Waals surface area contributed by atoms with Crippen molar-refractivity contribution in [1.82, 2.24) is 25.1 Å². The predicted molar refractivity (Wildman–Crippen MR) is 91.5 cm³/mol. The van der Waals surface area contributed by atoms with Crippen LogP contribution in [0.5, 0.6) is 0 Å². The summed E-state index contributed by atoms with van der Waals surface area (Å²) in [4.78, 5) is 24.4. The van der Waals surface area contributed by atoms with Crippen molar-refractivity contribution in [2.24, 2.45) is 5.92 Å². The summed E-state index contributed by atoms with van der Waals surface area (Å²) in [6.07, 6.45) is 0. The third kappa shape index (κ3) is 4.09. The number of fused-ring (bicyclic) bond motifs is 1. The Hall–Kier alpha value is -1.92. The summed E-state index contributed by atoms with van der Waals surface area (Å²) in [5.41, 5.74) is 1.71. The third-order valence-electron chi connectivity index (χ3n) is 4.38. The van der Waals surface area contributed by atoms with Crippen LogP contribution in [-0.4, -0.2) is 72.0 Å². The number of carbonyl (C=O) groups excluding carboxylic acids is 1. The molecular weight excluding hydrogens is 290 g/mol. The van der Waals surface area contributed by atoms with E-state index < -0.39 is 0 Å².